The van der Waals surface area contributed by atoms with E-state index in [1.54, 1.807) is 38.1 Å². The predicted molar refractivity (Wildman–Crippen MR) is 193 cm³/mol. The van der Waals surface area contributed by atoms with Gasteiger partial charge in [-0.1, -0.05) is 69.0 Å². The molecule has 0 saturated carbocycles. The highest BCUT2D eigenvalue weighted by Gasteiger charge is 2.54. The van der Waals surface area contributed by atoms with E-state index in [-0.39, 0.29) is 30.3 Å². The molecule has 3 aliphatic heterocycles. The van der Waals surface area contributed by atoms with E-state index in [0.717, 1.165) is 31.8 Å². The van der Waals surface area contributed by atoms with Crippen LogP contribution in [0.1, 0.15) is 97.5 Å². The van der Waals surface area contributed by atoms with Crippen LogP contribution in [0.5, 0.6) is 0 Å². The molecule has 2 bridgehead atoms. The van der Waals surface area contributed by atoms with Gasteiger partial charge in [0.1, 0.15) is 42.9 Å². The Hall–Kier alpha value is -3.50. The maximum Gasteiger partial charge on any atom is 0.333 e. The number of fused-ring (bicyclic) bond motifs is 3. The number of rotatable bonds is 7. The smallest absolute Gasteiger partial charge is 0.333 e. The van der Waals surface area contributed by atoms with Crippen molar-refractivity contribution < 1.29 is 67.7 Å². The maximum atomic E-state index is 13.2. The van der Waals surface area contributed by atoms with Crippen LogP contribution in [0.15, 0.2) is 48.1 Å². The number of ether oxygens (including phenoxy) is 7. The molecule has 1 aromatic carbocycles. The number of aliphatic hydroxyl groups excluding tert-OH is 3. The Bertz CT molecular complexity index is 1430. The summed E-state index contributed by atoms with van der Waals surface area (Å²) >= 11 is 0. The van der Waals surface area contributed by atoms with Crippen LogP contribution in [0.4, 0.5) is 0 Å². The molecule has 0 amide bonds. The summed E-state index contributed by atoms with van der Waals surface area (Å²) in [7, 11) is 0. The molecular formula is C40H56O14. The monoisotopic (exact) mass is 760 g/mol. The highest BCUT2D eigenvalue weighted by Crippen LogP contribution is 2.33. The number of aliphatic hydroxyl groups is 3. The summed E-state index contributed by atoms with van der Waals surface area (Å²) in [6, 6.07) is 8.93. The van der Waals surface area contributed by atoms with Gasteiger partial charge in [0.25, 0.3) is 0 Å². The van der Waals surface area contributed by atoms with Crippen molar-refractivity contribution in [1.82, 2.24) is 0 Å². The summed E-state index contributed by atoms with van der Waals surface area (Å²) in [6.45, 7) is 6.16. The van der Waals surface area contributed by atoms with Gasteiger partial charge in [-0.15, -0.1) is 0 Å². The zero-order chi connectivity index (χ0) is 39.2. The number of Topliss-reactive ketones (excluding diaryl/α,β-unsaturated/α-hetero) is 1. The summed E-state index contributed by atoms with van der Waals surface area (Å²) in [5.41, 5.74) is 0.882. The molecule has 1 aromatic rings. The van der Waals surface area contributed by atoms with Crippen molar-refractivity contribution >= 4 is 29.8 Å². The zero-order valence-electron chi connectivity index (χ0n) is 31.6. The largest absolute Gasteiger partial charge is 0.463 e. The summed E-state index contributed by atoms with van der Waals surface area (Å²) in [5.74, 6) is -2.51. The Kier molecular flexibility index (Phi) is 17.3. The van der Waals surface area contributed by atoms with Gasteiger partial charge in [0.15, 0.2) is 24.8 Å². The van der Waals surface area contributed by atoms with E-state index in [4.69, 9.17) is 33.2 Å². The summed E-state index contributed by atoms with van der Waals surface area (Å²) in [5, 5.41) is 33.9. The Balaban J connectivity index is 1.70. The minimum absolute atomic E-state index is 0.0194. The van der Waals surface area contributed by atoms with Gasteiger partial charge in [-0.25, -0.2) is 9.59 Å². The molecule has 3 aliphatic rings. The third-order valence-electron chi connectivity index (χ3n) is 9.84. The van der Waals surface area contributed by atoms with Gasteiger partial charge in [0, 0.05) is 24.5 Å². The van der Waals surface area contributed by atoms with Crippen LogP contribution in [0.3, 0.4) is 0 Å². The average Bonchev–Trinajstić information content (AvgIpc) is 3.16. The number of esters is 3. The SMILES string of the molecule is C/C=C(\C)C(=O)O[C@@H]1[C@@H](O)[C@@H]2O[C@H]3[C@H](O[C@@H](CCC)CCCCCCC(=O)CCC(=O)OC[C@@H](O2)[C@@H]1OC(=O)/C=C/c1ccccc1)O[C@H](C)[C@H](O)[C@@H]3O. The Morgan fingerprint density at radius 3 is 2.31 bits per heavy atom. The van der Waals surface area contributed by atoms with Crippen LogP contribution >= 0.6 is 0 Å². The van der Waals surface area contributed by atoms with Crippen LogP contribution in [0.2, 0.25) is 0 Å². The number of hydrogen-bond donors (Lipinski definition) is 3. The normalized spacial score (nSPS) is 34.0. The van der Waals surface area contributed by atoms with Gasteiger partial charge >= 0.3 is 17.9 Å². The second-order valence-corrected chi connectivity index (χ2v) is 14.0. The van der Waals surface area contributed by atoms with Gasteiger partial charge in [0.05, 0.1) is 18.6 Å². The molecule has 3 N–H and O–H groups in total. The van der Waals surface area contributed by atoms with Crippen molar-refractivity contribution in [1.29, 1.82) is 0 Å². The maximum absolute atomic E-state index is 13.2. The molecule has 54 heavy (non-hydrogen) atoms. The summed E-state index contributed by atoms with van der Waals surface area (Å²) in [6.07, 6.45) is -5.30. The van der Waals surface area contributed by atoms with E-state index < -0.39 is 85.9 Å². The molecule has 300 valence electrons. The topological polar surface area (TPSA) is 194 Å². The number of cyclic esters (lactones) is 1. The van der Waals surface area contributed by atoms with Crippen LogP contribution in [0, 0.1) is 0 Å². The lowest BCUT2D eigenvalue weighted by atomic mass is 9.96. The van der Waals surface area contributed by atoms with Crippen molar-refractivity contribution in [3.05, 3.63) is 53.6 Å². The molecule has 0 radical (unpaired) electrons. The molecule has 0 spiro atoms. The molecule has 0 aliphatic carbocycles. The number of ketones is 1. The lowest BCUT2D eigenvalue weighted by Gasteiger charge is -2.47. The fourth-order valence-electron chi connectivity index (χ4n) is 6.52. The number of benzene rings is 1. The minimum atomic E-state index is -1.84. The number of allylic oxidation sites excluding steroid dienone is 1. The van der Waals surface area contributed by atoms with E-state index in [1.807, 2.05) is 13.0 Å². The van der Waals surface area contributed by atoms with Crippen molar-refractivity contribution in [3.63, 3.8) is 0 Å². The van der Waals surface area contributed by atoms with E-state index in [9.17, 15) is 34.5 Å². The van der Waals surface area contributed by atoms with E-state index >= 15 is 0 Å². The highest BCUT2D eigenvalue weighted by atomic mass is 16.8. The van der Waals surface area contributed by atoms with Gasteiger partial charge in [-0.05, 0) is 51.7 Å². The van der Waals surface area contributed by atoms with E-state index in [0.29, 0.717) is 31.2 Å². The molecular weight excluding hydrogens is 704 g/mol. The zero-order valence-corrected chi connectivity index (χ0v) is 31.6. The number of carbonyl (C=O) groups excluding carboxylic acids is 4. The van der Waals surface area contributed by atoms with Gasteiger partial charge < -0.3 is 48.5 Å². The van der Waals surface area contributed by atoms with Crippen LogP contribution in [-0.4, -0.2) is 113 Å². The van der Waals surface area contributed by atoms with Crippen LogP contribution < -0.4 is 0 Å². The molecule has 14 nitrogen and oxygen atoms in total. The highest BCUT2D eigenvalue weighted by molar-refractivity contribution is 5.88. The number of carbonyl (C=O) groups is 4. The molecule has 4 rings (SSSR count). The molecule has 0 unspecified atom stereocenters. The first-order valence-electron chi connectivity index (χ1n) is 19.0. The van der Waals surface area contributed by atoms with Gasteiger partial charge in [-0.3, -0.25) is 9.59 Å². The van der Waals surface area contributed by atoms with Gasteiger partial charge in [0.2, 0.25) is 0 Å². The van der Waals surface area contributed by atoms with Crippen LogP contribution in [-0.2, 0) is 52.3 Å². The Labute approximate surface area is 316 Å². The van der Waals surface area contributed by atoms with E-state index in [1.165, 1.54) is 19.1 Å². The Morgan fingerprint density at radius 2 is 1.59 bits per heavy atom. The summed E-state index contributed by atoms with van der Waals surface area (Å²) < 4.78 is 41.8. The van der Waals surface area contributed by atoms with Crippen molar-refractivity contribution in [3.8, 4) is 0 Å². The second kappa shape index (κ2) is 21.6. The first-order valence-corrected chi connectivity index (χ1v) is 19.0. The number of hydrogen-bond acceptors (Lipinski definition) is 14. The first-order chi connectivity index (χ1) is 25.9. The van der Waals surface area contributed by atoms with Crippen molar-refractivity contribution in [2.45, 2.75) is 159 Å². The lowest BCUT2D eigenvalue weighted by Crippen LogP contribution is -2.65. The first kappa shape index (κ1) is 43.2. The standard InChI is InChI=1S/C40H56O14/c1-5-14-28-18-13-8-7-12-17-27(41)20-22-30(42)48-23-29-35(52-31(43)21-19-26-15-10-9-11-16-26)36(53-38(47)24(3)6-2)34(46)39(51-29)54-37-33(45)32(44)25(4)49-40(37)50-28/h6,9-11,15-16,19,21,25,28-29,32-37,39-40,44-46H,5,7-8,12-14,17-18,20,22-23H2,1-4H3/b21-19+,24-6+/t25-,28+,29-,32+,33+,34-,35+,36-,37-,39+,40+/m1/s1. The van der Waals surface area contributed by atoms with Crippen molar-refractivity contribution in [2.75, 3.05) is 6.61 Å². The molecule has 3 fully saturated rings. The molecule has 3 heterocycles. The van der Waals surface area contributed by atoms with Crippen molar-refractivity contribution in [2.24, 2.45) is 0 Å². The fourth-order valence-corrected chi connectivity index (χ4v) is 6.52. The third-order valence-corrected chi connectivity index (χ3v) is 9.84. The fraction of sp³-hybridized carbons (Fsp3) is 0.650. The van der Waals surface area contributed by atoms with E-state index in [2.05, 4.69) is 0 Å². The average molecular weight is 761 g/mol. The molecule has 14 heteroatoms. The second-order valence-electron chi connectivity index (χ2n) is 14.0. The minimum Gasteiger partial charge on any atom is -0.463 e. The quantitative estimate of drug-likeness (QED) is 0.206. The third kappa shape index (κ3) is 12.5. The molecule has 3 saturated heterocycles. The lowest BCUT2D eigenvalue weighted by molar-refractivity contribution is -0.369. The summed E-state index contributed by atoms with van der Waals surface area (Å²) in [4.78, 5) is 51.8. The van der Waals surface area contributed by atoms with Gasteiger partial charge in [-0.2, -0.15) is 0 Å². The Morgan fingerprint density at radius 1 is 0.852 bits per heavy atom. The predicted octanol–water partition coefficient (Wildman–Crippen LogP) is 3.86. The molecule has 11 atom stereocenters. The molecule has 0 aromatic heterocycles. The van der Waals surface area contributed by atoms with Crippen LogP contribution in [0.25, 0.3) is 6.08 Å².